The largest absolute Gasteiger partial charge is 0.420 e. The normalized spacial score (nSPS) is 13.2. The summed E-state index contributed by atoms with van der Waals surface area (Å²) in [4.78, 5) is 0. The van der Waals surface area contributed by atoms with E-state index >= 15 is 13.2 Å². The molecular weight excluding hydrogens is 695 g/mol. The SMILES string of the molecule is CC(C)(C)c1ccc2c(c1)c1ccccc1n2-c1cc(-c2cccc(C(F)(F)F)c2)cc(-n2c3ccccc3c3cc(C(C)(C)C)ccc32)c1C(F)(F)F. The number of hydrogen-bond acceptors (Lipinski definition) is 0. The van der Waals surface area contributed by atoms with Gasteiger partial charge in [0.15, 0.2) is 0 Å². The lowest BCUT2D eigenvalue weighted by Crippen LogP contribution is -2.16. The fourth-order valence-corrected chi connectivity index (χ4v) is 7.69. The van der Waals surface area contributed by atoms with Gasteiger partial charge in [-0.25, -0.2) is 0 Å². The van der Waals surface area contributed by atoms with Gasteiger partial charge in [-0.1, -0.05) is 102 Å². The van der Waals surface area contributed by atoms with Crippen LogP contribution in [0.2, 0.25) is 0 Å². The highest BCUT2D eigenvalue weighted by molar-refractivity contribution is 6.11. The summed E-state index contributed by atoms with van der Waals surface area (Å²) in [6.07, 6.45) is -9.54. The standard InChI is InChI=1S/C46H38F6N2/c1-43(2,3)29-18-20-38-34(25-29)32-14-7-9-16-36(32)53(38)40-23-28(27-12-11-13-31(22-27)45(47,48)49)24-41(42(40)46(50,51)52)54-37-17-10-8-15-33(37)35-26-30(44(4,5)6)19-21-39(35)54/h7-26H,1-6H3. The van der Waals surface area contributed by atoms with Gasteiger partial charge >= 0.3 is 12.4 Å². The topological polar surface area (TPSA) is 9.86 Å². The molecule has 0 saturated carbocycles. The van der Waals surface area contributed by atoms with Gasteiger partial charge in [0.25, 0.3) is 0 Å². The second kappa shape index (κ2) is 12.0. The highest BCUT2D eigenvalue weighted by Gasteiger charge is 2.40. The first kappa shape index (κ1) is 35.5. The second-order valence-corrected chi connectivity index (χ2v) is 16.1. The minimum absolute atomic E-state index is 0.146. The molecule has 8 aromatic rings. The van der Waals surface area contributed by atoms with Gasteiger partial charge in [-0.05, 0) is 93.7 Å². The van der Waals surface area contributed by atoms with Crippen LogP contribution in [0, 0.1) is 0 Å². The molecule has 0 saturated heterocycles. The molecule has 0 spiro atoms. The first-order valence-electron chi connectivity index (χ1n) is 17.8. The maximum absolute atomic E-state index is 16.1. The van der Waals surface area contributed by atoms with Crippen LogP contribution < -0.4 is 0 Å². The van der Waals surface area contributed by atoms with Crippen molar-refractivity contribution in [2.24, 2.45) is 0 Å². The van der Waals surface area contributed by atoms with Crippen LogP contribution in [0.3, 0.4) is 0 Å². The Morgan fingerprint density at radius 3 is 1.24 bits per heavy atom. The fourth-order valence-electron chi connectivity index (χ4n) is 7.69. The van der Waals surface area contributed by atoms with Gasteiger partial charge in [-0.2, -0.15) is 26.3 Å². The van der Waals surface area contributed by atoms with Crippen LogP contribution in [-0.4, -0.2) is 9.13 Å². The molecular formula is C46H38F6N2. The van der Waals surface area contributed by atoms with Crippen LogP contribution in [0.4, 0.5) is 26.3 Å². The maximum Gasteiger partial charge on any atom is 0.420 e. The summed E-state index contributed by atoms with van der Waals surface area (Å²) >= 11 is 0. The maximum atomic E-state index is 16.1. The lowest BCUT2D eigenvalue weighted by atomic mass is 9.86. The molecule has 8 heteroatoms. The molecule has 0 N–H and O–H groups in total. The Morgan fingerprint density at radius 1 is 0.370 bits per heavy atom. The molecule has 8 rings (SSSR count). The molecule has 0 aliphatic rings. The summed E-state index contributed by atoms with van der Waals surface area (Å²) < 4.78 is 93.8. The molecule has 0 bridgehead atoms. The van der Waals surface area contributed by atoms with Crippen LogP contribution in [0.5, 0.6) is 0 Å². The number of para-hydroxylation sites is 2. The third-order valence-corrected chi connectivity index (χ3v) is 10.5. The predicted molar refractivity (Wildman–Crippen MR) is 208 cm³/mol. The van der Waals surface area contributed by atoms with Crippen LogP contribution in [0.25, 0.3) is 66.1 Å². The van der Waals surface area contributed by atoms with Gasteiger partial charge in [0.1, 0.15) is 5.56 Å². The zero-order valence-electron chi connectivity index (χ0n) is 30.7. The molecule has 0 radical (unpaired) electrons. The molecule has 274 valence electrons. The fraction of sp³-hybridized carbons (Fsp3) is 0.217. The molecule has 54 heavy (non-hydrogen) atoms. The molecule has 0 unspecified atom stereocenters. The van der Waals surface area contributed by atoms with E-state index in [1.54, 1.807) is 33.4 Å². The first-order valence-corrected chi connectivity index (χ1v) is 17.8. The number of aromatic nitrogens is 2. The van der Waals surface area contributed by atoms with Crippen molar-refractivity contribution in [1.82, 2.24) is 9.13 Å². The second-order valence-electron chi connectivity index (χ2n) is 16.1. The summed E-state index contributed by atoms with van der Waals surface area (Å²) in [6.45, 7) is 12.5. The van der Waals surface area contributed by atoms with Crippen LogP contribution in [0.15, 0.2) is 121 Å². The van der Waals surface area contributed by atoms with E-state index in [1.807, 2.05) is 60.7 Å². The van der Waals surface area contributed by atoms with Gasteiger partial charge in [-0.3, -0.25) is 0 Å². The molecule has 0 atom stereocenters. The van der Waals surface area contributed by atoms with Crippen molar-refractivity contribution in [2.45, 2.75) is 64.7 Å². The Hall–Kier alpha value is -5.50. The number of hydrogen-bond donors (Lipinski definition) is 0. The van der Waals surface area contributed by atoms with Gasteiger partial charge in [0.05, 0.1) is 39.0 Å². The molecule has 6 aromatic carbocycles. The molecule has 2 heterocycles. The first-order chi connectivity index (χ1) is 25.3. The molecule has 0 aliphatic heterocycles. The lowest BCUT2D eigenvalue weighted by Gasteiger charge is -2.24. The Bertz CT molecular complexity index is 2610. The summed E-state index contributed by atoms with van der Waals surface area (Å²) in [5, 5.41) is 3.10. The number of alkyl halides is 6. The summed E-state index contributed by atoms with van der Waals surface area (Å²) in [6, 6.07) is 33.8. The third kappa shape index (κ3) is 5.83. The van der Waals surface area contributed by atoms with Gasteiger partial charge in [0, 0.05) is 21.5 Å². The number of nitrogens with zero attached hydrogens (tertiary/aromatic N) is 2. The molecule has 2 nitrogen and oxygen atoms in total. The smallest absolute Gasteiger partial charge is 0.309 e. The summed E-state index contributed by atoms with van der Waals surface area (Å²) in [7, 11) is 0. The van der Waals surface area contributed by atoms with Crippen molar-refractivity contribution in [2.75, 3.05) is 0 Å². The van der Waals surface area contributed by atoms with Crippen LogP contribution in [0.1, 0.15) is 63.8 Å². The van der Waals surface area contributed by atoms with Crippen molar-refractivity contribution >= 4 is 43.6 Å². The van der Waals surface area contributed by atoms with Crippen molar-refractivity contribution in [3.8, 4) is 22.5 Å². The minimum atomic E-state index is -4.89. The van der Waals surface area contributed by atoms with E-state index in [-0.39, 0.29) is 33.3 Å². The quantitative estimate of drug-likeness (QED) is 0.160. The van der Waals surface area contributed by atoms with Crippen LogP contribution in [-0.2, 0) is 23.2 Å². The van der Waals surface area contributed by atoms with E-state index in [0.717, 1.165) is 44.8 Å². The van der Waals surface area contributed by atoms with E-state index in [9.17, 15) is 13.2 Å². The van der Waals surface area contributed by atoms with Crippen molar-refractivity contribution in [3.63, 3.8) is 0 Å². The Morgan fingerprint density at radius 2 is 0.815 bits per heavy atom. The summed E-state index contributed by atoms with van der Waals surface area (Å²) in [5.74, 6) is 0. The average Bonchev–Trinajstić information content (AvgIpc) is 3.62. The Labute approximate surface area is 309 Å². The van der Waals surface area contributed by atoms with E-state index in [4.69, 9.17) is 0 Å². The molecule has 0 aliphatic carbocycles. The van der Waals surface area contributed by atoms with Gasteiger partial charge in [-0.15, -0.1) is 0 Å². The highest BCUT2D eigenvalue weighted by Crippen LogP contribution is 2.47. The van der Waals surface area contributed by atoms with Crippen molar-refractivity contribution in [1.29, 1.82) is 0 Å². The zero-order chi connectivity index (χ0) is 38.5. The predicted octanol–water partition coefficient (Wildman–Crippen LogP) is 14.2. The molecule has 0 amide bonds. The lowest BCUT2D eigenvalue weighted by molar-refractivity contribution is -0.138. The summed E-state index contributed by atoms with van der Waals surface area (Å²) in [5.41, 5.74) is 2.01. The number of rotatable bonds is 3. The average molecular weight is 733 g/mol. The number of benzene rings is 6. The van der Waals surface area contributed by atoms with E-state index < -0.39 is 23.5 Å². The third-order valence-electron chi connectivity index (χ3n) is 10.5. The number of fused-ring (bicyclic) bond motifs is 6. The van der Waals surface area contributed by atoms with E-state index in [0.29, 0.717) is 22.1 Å². The monoisotopic (exact) mass is 732 g/mol. The van der Waals surface area contributed by atoms with E-state index in [1.165, 1.54) is 24.3 Å². The van der Waals surface area contributed by atoms with Gasteiger partial charge in [0.2, 0.25) is 0 Å². The van der Waals surface area contributed by atoms with Crippen molar-refractivity contribution < 1.29 is 26.3 Å². The Balaban J connectivity index is 1.57. The van der Waals surface area contributed by atoms with E-state index in [2.05, 4.69) is 41.5 Å². The number of halogens is 6. The molecule has 0 fully saturated rings. The van der Waals surface area contributed by atoms with Crippen molar-refractivity contribution in [3.05, 3.63) is 144 Å². The van der Waals surface area contributed by atoms with Gasteiger partial charge < -0.3 is 9.13 Å². The zero-order valence-corrected chi connectivity index (χ0v) is 30.7. The highest BCUT2D eigenvalue weighted by atomic mass is 19.4. The van der Waals surface area contributed by atoms with Crippen LogP contribution >= 0.6 is 0 Å². The Kier molecular flexibility index (Phi) is 7.90. The molecule has 2 aromatic heterocycles. The minimum Gasteiger partial charge on any atom is -0.309 e.